The molecular formula is C21H29NO2. The summed E-state index contributed by atoms with van der Waals surface area (Å²) in [6.45, 7) is 5.43. The first kappa shape index (κ1) is 17.1. The Morgan fingerprint density at radius 1 is 1.25 bits per heavy atom. The standard InChI is InChI=1S/C21H29NO2/c1-3-24-21(23)14-16(2)17-11-12-20-18(15-17)8-7-13-22(20)19-9-5-4-6-10-19/h11-12,14-15,19H,3-10,13H2,1-2H3. The van der Waals surface area contributed by atoms with Gasteiger partial charge >= 0.3 is 5.97 Å². The van der Waals surface area contributed by atoms with Gasteiger partial charge in [0.2, 0.25) is 0 Å². The van der Waals surface area contributed by atoms with Crippen molar-refractivity contribution in [2.75, 3.05) is 18.1 Å². The van der Waals surface area contributed by atoms with E-state index in [1.54, 1.807) is 6.08 Å². The van der Waals surface area contributed by atoms with Gasteiger partial charge in [-0.2, -0.15) is 0 Å². The first-order valence-electron chi connectivity index (χ1n) is 9.44. The highest BCUT2D eigenvalue weighted by atomic mass is 16.5. The lowest BCUT2D eigenvalue weighted by Gasteiger charge is -2.40. The predicted molar refractivity (Wildman–Crippen MR) is 99.3 cm³/mol. The van der Waals surface area contributed by atoms with Gasteiger partial charge in [0, 0.05) is 24.4 Å². The number of carbonyl (C=O) groups is 1. The van der Waals surface area contributed by atoms with Crippen molar-refractivity contribution in [2.45, 2.75) is 64.8 Å². The van der Waals surface area contributed by atoms with Gasteiger partial charge in [-0.1, -0.05) is 25.3 Å². The summed E-state index contributed by atoms with van der Waals surface area (Å²) in [4.78, 5) is 14.3. The highest BCUT2D eigenvalue weighted by Crippen LogP contribution is 2.35. The molecule has 1 aromatic carbocycles. The topological polar surface area (TPSA) is 29.5 Å². The van der Waals surface area contributed by atoms with Crippen molar-refractivity contribution in [3.8, 4) is 0 Å². The number of benzene rings is 1. The van der Waals surface area contributed by atoms with Crippen LogP contribution >= 0.6 is 0 Å². The zero-order valence-electron chi connectivity index (χ0n) is 15.0. The Bertz CT molecular complexity index is 614. The molecule has 0 N–H and O–H groups in total. The van der Waals surface area contributed by atoms with Gasteiger partial charge in [-0.15, -0.1) is 0 Å². The number of hydrogen-bond donors (Lipinski definition) is 0. The zero-order chi connectivity index (χ0) is 16.9. The Kier molecular flexibility index (Phi) is 5.60. The maximum atomic E-state index is 11.7. The third-order valence-corrected chi connectivity index (χ3v) is 5.33. The Morgan fingerprint density at radius 2 is 2.04 bits per heavy atom. The van der Waals surface area contributed by atoms with Crippen molar-refractivity contribution in [1.29, 1.82) is 0 Å². The zero-order valence-corrected chi connectivity index (χ0v) is 15.0. The summed E-state index contributed by atoms with van der Waals surface area (Å²) in [5.74, 6) is -0.253. The average molecular weight is 327 g/mol. The number of esters is 1. The molecule has 0 radical (unpaired) electrons. The van der Waals surface area contributed by atoms with Crippen LogP contribution in [0.4, 0.5) is 5.69 Å². The summed E-state index contributed by atoms with van der Waals surface area (Å²) in [5.41, 5.74) is 4.96. The van der Waals surface area contributed by atoms with Gasteiger partial charge in [0.15, 0.2) is 0 Å². The lowest BCUT2D eigenvalue weighted by atomic mass is 9.90. The number of ether oxygens (including phenoxy) is 1. The van der Waals surface area contributed by atoms with Crippen LogP contribution < -0.4 is 4.90 Å². The molecule has 3 heteroatoms. The minimum absolute atomic E-state index is 0.253. The van der Waals surface area contributed by atoms with Crippen LogP contribution in [-0.2, 0) is 16.0 Å². The van der Waals surface area contributed by atoms with Crippen molar-refractivity contribution < 1.29 is 9.53 Å². The number of nitrogens with zero attached hydrogens (tertiary/aromatic N) is 1. The number of fused-ring (bicyclic) bond motifs is 1. The number of hydrogen-bond acceptors (Lipinski definition) is 3. The first-order valence-corrected chi connectivity index (χ1v) is 9.44. The smallest absolute Gasteiger partial charge is 0.331 e. The van der Waals surface area contributed by atoms with E-state index >= 15 is 0 Å². The maximum Gasteiger partial charge on any atom is 0.331 e. The molecule has 130 valence electrons. The van der Waals surface area contributed by atoms with Crippen LogP contribution in [0.2, 0.25) is 0 Å². The lowest BCUT2D eigenvalue weighted by Crippen LogP contribution is -2.40. The summed E-state index contributed by atoms with van der Waals surface area (Å²) in [6.07, 6.45) is 10.8. The van der Waals surface area contributed by atoms with E-state index in [0.717, 1.165) is 23.6 Å². The summed E-state index contributed by atoms with van der Waals surface area (Å²) >= 11 is 0. The molecule has 3 nitrogen and oxygen atoms in total. The van der Waals surface area contributed by atoms with E-state index in [9.17, 15) is 4.79 Å². The third kappa shape index (κ3) is 3.82. The summed E-state index contributed by atoms with van der Waals surface area (Å²) < 4.78 is 5.02. The predicted octanol–water partition coefficient (Wildman–Crippen LogP) is 4.74. The maximum absolute atomic E-state index is 11.7. The molecule has 0 saturated heterocycles. The van der Waals surface area contributed by atoms with E-state index in [4.69, 9.17) is 4.74 Å². The lowest BCUT2D eigenvalue weighted by molar-refractivity contribution is -0.137. The second-order valence-electron chi connectivity index (χ2n) is 7.01. The largest absolute Gasteiger partial charge is 0.463 e. The number of rotatable bonds is 4. The van der Waals surface area contributed by atoms with Crippen molar-refractivity contribution >= 4 is 17.2 Å². The quantitative estimate of drug-likeness (QED) is 0.591. The van der Waals surface area contributed by atoms with Gasteiger partial charge in [0.25, 0.3) is 0 Å². The van der Waals surface area contributed by atoms with Gasteiger partial charge in [0.1, 0.15) is 0 Å². The molecule has 3 rings (SSSR count). The number of anilines is 1. The normalized spacial score (nSPS) is 19.1. The van der Waals surface area contributed by atoms with Gasteiger partial charge in [0.05, 0.1) is 6.61 Å². The molecular weight excluding hydrogens is 298 g/mol. The fourth-order valence-electron chi connectivity index (χ4n) is 4.09. The average Bonchev–Trinajstić information content (AvgIpc) is 2.61. The van der Waals surface area contributed by atoms with E-state index in [0.29, 0.717) is 6.61 Å². The van der Waals surface area contributed by atoms with Crippen molar-refractivity contribution in [2.24, 2.45) is 0 Å². The van der Waals surface area contributed by atoms with Crippen molar-refractivity contribution in [3.63, 3.8) is 0 Å². The van der Waals surface area contributed by atoms with Crippen LogP contribution in [0.15, 0.2) is 24.3 Å². The third-order valence-electron chi connectivity index (χ3n) is 5.33. The minimum Gasteiger partial charge on any atom is -0.463 e. The Labute approximate surface area is 145 Å². The van der Waals surface area contributed by atoms with E-state index in [-0.39, 0.29) is 5.97 Å². The van der Waals surface area contributed by atoms with Crippen molar-refractivity contribution in [3.05, 3.63) is 35.4 Å². The molecule has 0 bridgehead atoms. The van der Waals surface area contributed by atoms with Gasteiger partial charge in [-0.3, -0.25) is 0 Å². The SMILES string of the molecule is CCOC(=O)C=C(C)c1ccc2c(c1)CCCN2C1CCCCC1. The van der Waals surface area contributed by atoms with E-state index in [2.05, 4.69) is 23.1 Å². The van der Waals surface area contributed by atoms with E-state index in [1.165, 1.54) is 56.3 Å². The van der Waals surface area contributed by atoms with Crippen LogP contribution in [0.5, 0.6) is 0 Å². The Hall–Kier alpha value is -1.77. The van der Waals surface area contributed by atoms with Crippen LogP contribution in [0.1, 0.15) is 63.5 Å². The van der Waals surface area contributed by atoms with E-state index < -0.39 is 0 Å². The second-order valence-corrected chi connectivity index (χ2v) is 7.01. The van der Waals surface area contributed by atoms with Crippen molar-refractivity contribution in [1.82, 2.24) is 0 Å². The molecule has 0 spiro atoms. The Balaban J connectivity index is 1.81. The molecule has 0 atom stereocenters. The Morgan fingerprint density at radius 3 is 2.79 bits per heavy atom. The first-order chi connectivity index (χ1) is 11.7. The molecule has 1 fully saturated rings. The molecule has 2 aliphatic rings. The number of allylic oxidation sites excluding steroid dienone is 1. The molecule has 0 unspecified atom stereocenters. The van der Waals surface area contributed by atoms with Crippen LogP contribution in [0.3, 0.4) is 0 Å². The highest BCUT2D eigenvalue weighted by molar-refractivity contribution is 5.91. The van der Waals surface area contributed by atoms with Crippen LogP contribution in [0, 0.1) is 0 Å². The minimum atomic E-state index is -0.253. The second kappa shape index (κ2) is 7.87. The van der Waals surface area contributed by atoms with Gasteiger partial charge in [-0.05, 0) is 68.4 Å². The number of carbonyl (C=O) groups excluding carboxylic acids is 1. The van der Waals surface area contributed by atoms with Gasteiger partial charge < -0.3 is 9.64 Å². The molecule has 1 aliphatic heterocycles. The molecule has 1 aliphatic carbocycles. The van der Waals surface area contributed by atoms with Crippen LogP contribution in [-0.4, -0.2) is 25.2 Å². The molecule has 0 amide bonds. The van der Waals surface area contributed by atoms with Crippen LogP contribution in [0.25, 0.3) is 5.57 Å². The molecule has 0 aromatic heterocycles. The molecule has 24 heavy (non-hydrogen) atoms. The molecule has 1 saturated carbocycles. The highest BCUT2D eigenvalue weighted by Gasteiger charge is 2.25. The van der Waals surface area contributed by atoms with Gasteiger partial charge in [-0.25, -0.2) is 4.79 Å². The molecule has 1 heterocycles. The van der Waals surface area contributed by atoms with E-state index in [1.807, 2.05) is 13.8 Å². The summed E-state index contributed by atoms with van der Waals surface area (Å²) in [5, 5.41) is 0. The number of aryl methyl sites for hydroxylation is 1. The molecule has 1 aromatic rings. The fourth-order valence-corrected chi connectivity index (χ4v) is 4.09. The fraction of sp³-hybridized carbons (Fsp3) is 0.571. The monoisotopic (exact) mass is 327 g/mol. The summed E-state index contributed by atoms with van der Waals surface area (Å²) in [6, 6.07) is 7.42. The summed E-state index contributed by atoms with van der Waals surface area (Å²) in [7, 11) is 0.